The molecule has 38 heavy (non-hydrogen) atoms. The van der Waals surface area contributed by atoms with Crippen molar-refractivity contribution in [1.29, 1.82) is 0 Å². The summed E-state index contributed by atoms with van der Waals surface area (Å²) in [6, 6.07) is 12.5. The Morgan fingerprint density at radius 1 is 0.868 bits per heavy atom. The number of ether oxygens (including phenoxy) is 1. The number of amides is 1. The van der Waals surface area contributed by atoms with Gasteiger partial charge in [0.05, 0.1) is 29.5 Å². The smallest absolute Gasteiger partial charge is 0.303 e. The fourth-order valence-corrected chi connectivity index (χ4v) is 5.50. The van der Waals surface area contributed by atoms with Crippen LogP contribution >= 0.6 is 11.3 Å². The van der Waals surface area contributed by atoms with E-state index in [0.717, 1.165) is 69.3 Å². The molecule has 2 aliphatic heterocycles. The molecule has 1 amide bonds. The lowest BCUT2D eigenvalue weighted by molar-refractivity contribution is -0.143. The lowest BCUT2D eigenvalue weighted by Crippen LogP contribution is -2.46. The second kappa shape index (κ2) is 14.7. The number of rotatable bonds is 9. The molecule has 0 bridgehead atoms. The highest BCUT2D eigenvalue weighted by Crippen LogP contribution is 2.30. The van der Waals surface area contributed by atoms with Crippen LogP contribution in [0.3, 0.4) is 0 Å². The highest BCUT2D eigenvalue weighted by Gasteiger charge is 2.22. The van der Waals surface area contributed by atoms with Gasteiger partial charge in [-0.25, -0.2) is 0 Å². The minimum Gasteiger partial charge on any atom is -0.489 e. The molecule has 2 N–H and O–H groups in total. The number of aliphatic carboxylic acids is 2. The molecule has 0 aliphatic carbocycles. The second-order valence-corrected chi connectivity index (χ2v) is 11.0. The number of piperidine rings is 1. The molecule has 0 spiro atoms. The number of benzene rings is 1. The van der Waals surface area contributed by atoms with Crippen molar-refractivity contribution < 1.29 is 29.3 Å². The summed E-state index contributed by atoms with van der Waals surface area (Å²) in [7, 11) is 0. The third kappa shape index (κ3) is 9.33. The lowest BCUT2D eigenvalue weighted by atomic mass is 10.1. The minimum absolute atomic E-state index is 0.174. The molecule has 0 atom stereocenters. The van der Waals surface area contributed by atoms with Crippen molar-refractivity contribution in [2.75, 3.05) is 44.2 Å². The van der Waals surface area contributed by atoms with Gasteiger partial charge in [-0.15, -0.1) is 11.3 Å². The van der Waals surface area contributed by atoms with E-state index in [2.05, 4.69) is 47.9 Å². The third-order valence-corrected chi connectivity index (χ3v) is 7.45. The second-order valence-electron chi connectivity index (χ2n) is 9.80. The molecule has 3 heterocycles. The van der Waals surface area contributed by atoms with Crippen LogP contribution in [-0.4, -0.2) is 83.2 Å². The molecule has 0 unspecified atom stereocenters. The number of carbonyl (C=O) groups excluding carboxylic acids is 1. The van der Waals surface area contributed by atoms with Crippen molar-refractivity contribution in [2.45, 2.75) is 58.6 Å². The third-order valence-electron chi connectivity index (χ3n) is 6.39. The van der Waals surface area contributed by atoms with Crippen molar-refractivity contribution >= 4 is 34.9 Å². The molecule has 208 valence electrons. The number of para-hydroxylation sites is 2. The maximum Gasteiger partial charge on any atom is 0.303 e. The number of piperazine rings is 1. The summed E-state index contributed by atoms with van der Waals surface area (Å²) in [6.07, 6.45) is 3.11. The van der Waals surface area contributed by atoms with Crippen LogP contribution in [0, 0.1) is 0 Å². The van der Waals surface area contributed by atoms with Gasteiger partial charge in [-0.1, -0.05) is 12.1 Å². The van der Waals surface area contributed by atoms with Gasteiger partial charge in [0, 0.05) is 50.7 Å². The van der Waals surface area contributed by atoms with Crippen LogP contribution in [0.2, 0.25) is 0 Å². The summed E-state index contributed by atoms with van der Waals surface area (Å²) in [5.41, 5.74) is 1.19. The maximum atomic E-state index is 12.7. The van der Waals surface area contributed by atoms with Gasteiger partial charge in [0.15, 0.2) is 0 Å². The molecule has 2 aliphatic rings. The topological polar surface area (TPSA) is 111 Å². The summed E-state index contributed by atoms with van der Waals surface area (Å²) in [6.45, 7) is 10.9. The first kappa shape index (κ1) is 29.4. The highest BCUT2D eigenvalue weighted by molar-refractivity contribution is 7.14. The van der Waals surface area contributed by atoms with E-state index in [1.807, 2.05) is 17.0 Å². The van der Waals surface area contributed by atoms with Gasteiger partial charge in [0.2, 0.25) is 0 Å². The monoisotopic (exact) mass is 545 g/mol. The van der Waals surface area contributed by atoms with Crippen LogP contribution in [-0.2, 0) is 16.1 Å². The standard InChI is InChI=1S/C24H33N3O2S.C4H6O4/c1-19(2)29-22-9-5-4-8-21(22)26-16-14-25(15-17-26)18-20-10-11-23(30-20)24(28)27-12-6-3-7-13-27;5-3(6)1-2-4(7)8/h4-5,8-11,19H,3,6-7,12-18H2,1-2H3;1-2H2,(H,5,6)(H,7,8). The van der Waals surface area contributed by atoms with E-state index >= 15 is 0 Å². The molecule has 10 heteroatoms. The Morgan fingerprint density at radius 2 is 1.50 bits per heavy atom. The van der Waals surface area contributed by atoms with Gasteiger partial charge in [-0.2, -0.15) is 0 Å². The molecule has 1 aromatic heterocycles. The predicted octanol–water partition coefficient (Wildman–Crippen LogP) is 4.42. The van der Waals surface area contributed by atoms with E-state index in [-0.39, 0.29) is 24.9 Å². The zero-order chi connectivity index (χ0) is 27.5. The quantitative estimate of drug-likeness (QED) is 0.477. The van der Waals surface area contributed by atoms with Gasteiger partial charge in [0.1, 0.15) is 5.75 Å². The first-order chi connectivity index (χ1) is 18.2. The van der Waals surface area contributed by atoms with Gasteiger partial charge >= 0.3 is 11.9 Å². The fraction of sp³-hybridized carbons (Fsp3) is 0.536. The number of nitrogens with zero attached hydrogens (tertiary/aromatic N) is 3. The molecule has 0 radical (unpaired) electrons. The Morgan fingerprint density at radius 3 is 2.11 bits per heavy atom. The van der Waals surface area contributed by atoms with Crippen molar-refractivity contribution in [3.8, 4) is 5.75 Å². The van der Waals surface area contributed by atoms with Gasteiger partial charge < -0.3 is 24.7 Å². The number of carboxylic acid groups (broad SMARTS) is 2. The molecule has 9 nitrogen and oxygen atoms in total. The SMILES string of the molecule is CC(C)Oc1ccccc1N1CCN(Cc2ccc(C(=O)N3CCCCC3)s2)CC1.O=C(O)CCC(=O)O. The van der Waals surface area contributed by atoms with Crippen LogP contribution in [0.25, 0.3) is 0 Å². The molecule has 0 saturated carbocycles. The first-order valence-electron chi connectivity index (χ1n) is 13.3. The Bertz CT molecular complexity index is 1040. The number of hydrogen-bond donors (Lipinski definition) is 2. The average Bonchev–Trinajstić information content (AvgIpc) is 3.37. The Labute approximate surface area is 228 Å². The minimum atomic E-state index is -1.08. The lowest BCUT2D eigenvalue weighted by Gasteiger charge is -2.36. The van der Waals surface area contributed by atoms with Crippen molar-refractivity contribution in [2.24, 2.45) is 0 Å². The van der Waals surface area contributed by atoms with E-state index in [0.29, 0.717) is 0 Å². The summed E-state index contributed by atoms with van der Waals surface area (Å²) in [5, 5.41) is 15.8. The Kier molecular flexibility index (Phi) is 11.4. The van der Waals surface area contributed by atoms with E-state index in [4.69, 9.17) is 14.9 Å². The molecule has 1 aromatic carbocycles. The zero-order valence-electron chi connectivity index (χ0n) is 22.3. The van der Waals surface area contributed by atoms with Crippen LogP contribution in [0.1, 0.15) is 60.5 Å². The molecular formula is C28H39N3O6S. The van der Waals surface area contributed by atoms with Crippen LogP contribution in [0.15, 0.2) is 36.4 Å². The van der Waals surface area contributed by atoms with Crippen molar-refractivity contribution in [3.05, 3.63) is 46.2 Å². The molecule has 2 aromatic rings. The van der Waals surface area contributed by atoms with Crippen LogP contribution in [0.4, 0.5) is 5.69 Å². The first-order valence-corrected chi connectivity index (χ1v) is 14.1. The Hall–Kier alpha value is -3.11. The summed E-state index contributed by atoms with van der Waals surface area (Å²) in [4.78, 5) is 41.1. The zero-order valence-corrected chi connectivity index (χ0v) is 23.1. The molecule has 4 rings (SSSR count). The largest absolute Gasteiger partial charge is 0.489 e. The fourth-order valence-electron chi connectivity index (χ4n) is 4.48. The van der Waals surface area contributed by atoms with Crippen molar-refractivity contribution in [3.63, 3.8) is 0 Å². The summed E-state index contributed by atoms with van der Waals surface area (Å²) in [5.74, 6) is -0.961. The van der Waals surface area contributed by atoms with E-state index < -0.39 is 11.9 Å². The van der Waals surface area contributed by atoms with Gasteiger partial charge in [-0.3, -0.25) is 19.3 Å². The highest BCUT2D eigenvalue weighted by atomic mass is 32.1. The number of carbonyl (C=O) groups is 3. The number of thiophene rings is 1. The maximum absolute atomic E-state index is 12.7. The predicted molar refractivity (Wildman–Crippen MR) is 148 cm³/mol. The summed E-state index contributed by atoms with van der Waals surface area (Å²) >= 11 is 1.67. The number of hydrogen-bond acceptors (Lipinski definition) is 7. The van der Waals surface area contributed by atoms with Crippen molar-refractivity contribution in [1.82, 2.24) is 9.80 Å². The average molecular weight is 546 g/mol. The van der Waals surface area contributed by atoms with E-state index in [1.54, 1.807) is 11.3 Å². The van der Waals surface area contributed by atoms with Gasteiger partial charge in [0.25, 0.3) is 5.91 Å². The number of likely N-dealkylation sites (tertiary alicyclic amines) is 1. The van der Waals surface area contributed by atoms with Crippen LogP contribution < -0.4 is 9.64 Å². The molecule has 2 fully saturated rings. The molecule has 2 saturated heterocycles. The van der Waals surface area contributed by atoms with E-state index in [9.17, 15) is 14.4 Å². The Balaban J connectivity index is 0.000000436. The van der Waals surface area contributed by atoms with E-state index in [1.165, 1.54) is 17.0 Å². The number of carboxylic acids is 2. The number of anilines is 1. The molecular weight excluding hydrogens is 506 g/mol. The van der Waals surface area contributed by atoms with Gasteiger partial charge in [-0.05, 0) is 57.4 Å². The summed E-state index contributed by atoms with van der Waals surface area (Å²) < 4.78 is 6.01. The normalized spacial score (nSPS) is 16.1. The van der Waals surface area contributed by atoms with Crippen LogP contribution in [0.5, 0.6) is 5.75 Å².